The monoisotopic (exact) mass is 279 g/mol. The third-order valence-corrected chi connectivity index (χ3v) is 5.37. The van der Waals surface area contributed by atoms with Gasteiger partial charge in [0.2, 0.25) is 0 Å². The van der Waals surface area contributed by atoms with E-state index in [0.29, 0.717) is 0 Å². The highest BCUT2D eigenvalue weighted by Gasteiger charge is 2.19. The van der Waals surface area contributed by atoms with Crippen LogP contribution >= 0.6 is 11.3 Å². The normalized spacial score (nSPS) is 20.2. The molecule has 0 aliphatic heterocycles. The van der Waals surface area contributed by atoms with Crippen molar-refractivity contribution in [3.8, 4) is 0 Å². The first-order valence-corrected chi connectivity index (χ1v) is 8.76. The predicted molar refractivity (Wildman–Crippen MR) is 79.5 cm³/mol. The number of hydrogen-bond donors (Lipinski definition) is 1. The Balaban J connectivity index is 1.33. The molecule has 0 amide bonds. The average Bonchev–Trinajstić information content (AvgIpc) is 2.92. The van der Waals surface area contributed by atoms with Gasteiger partial charge in [-0.25, -0.2) is 0 Å². The van der Waals surface area contributed by atoms with Crippen LogP contribution in [0.15, 0.2) is 0 Å². The summed E-state index contributed by atoms with van der Waals surface area (Å²) in [6, 6.07) is 0.830. The molecule has 1 aromatic rings. The molecule has 0 aromatic carbocycles. The number of nitrogens with one attached hydrogen (secondary N) is 1. The van der Waals surface area contributed by atoms with E-state index in [-0.39, 0.29) is 0 Å². The molecule has 106 valence electrons. The van der Waals surface area contributed by atoms with E-state index in [1.54, 1.807) is 0 Å². The van der Waals surface area contributed by atoms with Crippen LogP contribution in [0.5, 0.6) is 0 Å². The summed E-state index contributed by atoms with van der Waals surface area (Å²) < 4.78 is 0. The van der Waals surface area contributed by atoms with Crippen molar-refractivity contribution in [1.29, 1.82) is 0 Å². The molecule has 0 radical (unpaired) electrons. The topological polar surface area (TPSA) is 37.8 Å². The van der Waals surface area contributed by atoms with Crippen LogP contribution in [0.1, 0.15) is 61.4 Å². The van der Waals surface area contributed by atoms with E-state index in [4.69, 9.17) is 0 Å². The minimum absolute atomic E-state index is 0.830. The van der Waals surface area contributed by atoms with Gasteiger partial charge in [0.25, 0.3) is 0 Å². The third kappa shape index (κ3) is 4.53. The van der Waals surface area contributed by atoms with Gasteiger partial charge in [0.15, 0.2) is 0 Å². The zero-order chi connectivity index (χ0) is 12.9. The van der Waals surface area contributed by atoms with Gasteiger partial charge in [0.05, 0.1) is 0 Å². The van der Waals surface area contributed by atoms with Crippen LogP contribution in [0.25, 0.3) is 0 Å². The van der Waals surface area contributed by atoms with Crippen molar-refractivity contribution in [2.24, 2.45) is 5.92 Å². The van der Waals surface area contributed by atoms with E-state index >= 15 is 0 Å². The highest BCUT2D eigenvalue weighted by atomic mass is 32.1. The second kappa shape index (κ2) is 6.80. The molecular weight excluding hydrogens is 254 g/mol. The molecule has 0 spiro atoms. The van der Waals surface area contributed by atoms with E-state index in [1.165, 1.54) is 61.4 Å². The fraction of sp³-hybridized carbons (Fsp3) is 0.867. The molecule has 19 heavy (non-hydrogen) atoms. The molecule has 2 aliphatic carbocycles. The van der Waals surface area contributed by atoms with Gasteiger partial charge in [-0.15, -0.1) is 21.5 Å². The minimum atomic E-state index is 0.830. The van der Waals surface area contributed by atoms with Gasteiger partial charge in [-0.1, -0.05) is 25.7 Å². The van der Waals surface area contributed by atoms with Gasteiger partial charge >= 0.3 is 0 Å². The molecule has 0 unspecified atom stereocenters. The second-order valence-corrected chi connectivity index (χ2v) is 7.26. The summed E-state index contributed by atoms with van der Waals surface area (Å²) >= 11 is 1.84. The van der Waals surface area contributed by atoms with Crippen molar-refractivity contribution in [2.75, 3.05) is 6.54 Å². The fourth-order valence-corrected chi connectivity index (χ4v) is 3.85. The molecule has 2 fully saturated rings. The van der Waals surface area contributed by atoms with Crippen molar-refractivity contribution in [1.82, 2.24) is 15.5 Å². The molecule has 1 heterocycles. The Morgan fingerprint density at radius 1 is 1.00 bits per heavy atom. The number of rotatable bonds is 8. The summed E-state index contributed by atoms with van der Waals surface area (Å²) in [6.45, 7) is 1.14. The Bertz CT molecular complexity index is 380. The van der Waals surface area contributed by atoms with Crippen LogP contribution in [-0.4, -0.2) is 22.8 Å². The number of aryl methyl sites for hydroxylation is 2. The molecule has 0 atom stereocenters. The average molecular weight is 279 g/mol. The first-order chi connectivity index (χ1) is 9.40. The van der Waals surface area contributed by atoms with Gasteiger partial charge in [-0.2, -0.15) is 0 Å². The summed E-state index contributed by atoms with van der Waals surface area (Å²) in [5.74, 6) is 0.968. The smallest absolute Gasteiger partial charge is 0.117 e. The lowest BCUT2D eigenvalue weighted by atomic mass is 10.0. The number of aromatic nitrogens is 2. The van der Waals surface area contributed by atoms with Gasteiger partial charge in [-0.05, 0) is 38.1 Å². The van der Waals surface area contributed by atoms with Crippen molar-refractivity contribution < 1.29 is 0 Å². The third-order valence-electron chi connectivity index (χ3n) is 4.33. The standard InChI is InChI=1S/C15H25N3S/c1-2-5-12(4-1)7-10-15-18-17-14(19-15)6-3-11-16-13-8-9-13/h12-13,16H,1-11H2. The first-order valence-electron chi connectivity index (χ1n) is 7.95. The molecule has 4 heteroatoms. The summed E-state index contributed by atoms with van der Waals surface area (Å²) in [5.41, 5.74) is 0. The van der Waals surface area contributed by atoms with Crippen molar-refractivity contribution in [3.63, 3.8) is 0 Å². The van der Waals surface area contributed by atoms with E-state index in [9.17, 15) is 0 Å². The molecule has 0 saturated heterocycles. The van der Waals surface area contributed by atoms with Crippen LogP contribution in [0, 0.1) is 5.92 Å². The van der Waals surface area contributed by atoms with Crippen LogP contribution in [0.2, 0.25) is 0 Å². The first kappa shape index (κ1) is 13.5. The van der Waals surface area contributed by atoms with E-state index in [1.807, 2.05) is 11.3 Å². The highest BCUT2D eigenvalue weighted by Crippen LogP contribution is 2.29. The molecule has 0 bridgehead atoms. The van der Waals surface area contributed by atoms with Crippen LogP contribution < -0.4 is 5.32 Å². The highest BCUT2D eigenvalue weighted by molar-refractivity contribution is 7.11. The lowest BCUT2D eigenvalue weighted by Crippen LogP contribution is -2.17. The maximum atomic E-state index is 4.35. The minimum Gasteiger partial charge on any atom is -0.314 e. The molecule has 1 N–H and O–H groups in total. The Hall–Kier alpha value is -0.480. The van der Waals surface area contributed by atoms with Gasteiger partial charge < -0.3 is 5.32 Å². The van der Waals surface area contributed by atoms with Crippen LogP contribution in [0.4, 0.5) is 0 Å². The Kier molecular flexibility index (Phi) is 4.83. The molecule has 3 rings (SSSR count). The summed E-state index contributed by atoms with van der Waals surface area (Å²) in [6.07, 6.45) is 13.3. The van der Waals surface area contributed by atoms with Crippen molar-refractivity contribution >= 4 is 11.3 Å². The predicted octanol–water partition coefficient (Wildman–Crippen LogP) is 3.35. The van der Waals surface area contributed by atoms with Gasteiger partial charge in [0, 0.05) is 18.9 Å². The molecule has 2 saturated carbocycles. The van der Waals surface area contributed by atoms with Crippen molar-refractivity contribution in [3.05, 3.63) is 10.0 Å². The summed E-state index contributed by atoms with van der Waals surface area (Å²) in [7, 11) is 0. The SMILES string of the molecule is C(CNC1CC1)Cc1nnc(CCC2CCCC2)s1. The molecule has 3 nitrogen and oxygen atoms in total. The zero-order valence-electron chi connectivity index (χ0n) is 11.7. The summed E-state index contributed by atoms with van der Waals surface area (Å²) in [5, 5.41) is 14.7. The van der Waals surface area contributed by atoms with Crippen LogP contribution in [0.3, 0.4) is 0 Å². The molecule has 1 aromatic heterocycles. The van der Waals surface area contributed by atoms with Gasteiger partial charge in [0.1, 0.15) is 10.0 Å². The lowest BCUT2D eigenvalue weighted by molar-refractivity contribution is 0.502. The van der Waals surface area contributed by atoms with E-state index < -0.39 is 0 Å². The fourth-order valence-electron chi connectivity index (χ4n) is 2.95. The maximum absolute atomic E-state index is 4.35. The largest absolute Gasteiger partial charge is 0.314 e. The Morgan fingerprint density at radius 3 is 2.47 bits per heavy atom. The molecule has 2 aliphatic rings. The van der Waals surface area contributed by atoms with Crippen LogP contribution in [-0.2, 0) is 12.8 Å². The van der Waals surface area contributed by atoms with E-state index in [0.717, 1.165) is 31.3 Å². The molecular formula is C15H25N3S. The number of nitrogens with zero attached hydrogens (tertiary/aromatic N) is 2. The maximum Gasteiger partial charge on any atom is 0.117 e. The lowest BCUT2D eigenvalue weighted by Gasteiger charge is -2.05. The zero-order valence-corrected chi connectivity index (χ0v) is 12.6. The van der Waals surface area contributed by atoms with E-state index in [2.05, 4.69) is 15.5 Å². The Labute approximate surface area is 120 Å². The number of hydrogen-bond acceptors (Lipinski definition) is 4. The quantitative estimate of drug-likeness (QED) is 0.742. The second-order valence-electron chi connectivity index (χ2n) is 6.11. The Morgan fingerprint density at radius 2 is 1.74 bits per heavy atom. The van der Waals surface area contributed by atoms with Gasteiger partial charge in [-0.3, -0.25) is 0 Å². The van der Waals surface area contributed by atoms with Crippen molar-refractivity contribution in [2.45, 2.75) is 70.3 Å². The summed E-state index contributed by atoms with van der Waals surface area (Å²) in [4.78, 5) is 0.